The number of benzene rings is 1. The normalized spacial score (nSPS) is 22.5. The SMILES string of the molecule is CCCC1CCC(C=CC#Cc2ccc(Br)cc2)CC1. The van der Waals surface area contributed by atoms with Gasteiger partial charge in [-0.05, 0) is 67.9 Å². The van der Waals surface area contributed by atoms with E-state index >= 15 is 0 Å². The van der Waals surface area contributed by atoms with Crippen LogP contribution < -0.4 is 0 Å². The largest absolute Gasteiger partial charge is 0.0730 e. The summed E-state index contributed by atoms with van der Waals surface area (Å²) in [5, 5.41) is 0. The van der Waals surface area contributed by atoms with Crippen molar-refractivity contribution in [1.82, 2.24) is 0 Å². The van der Waals surface area contributed by atoms with Gasteiger partial charge in [-0.15, -0.1) is 0 Å². The second-order valence-electron chi connectivity index (χ2n) is 5.70. The standard InChI is InChI=1S/C19H23Br/c1-2-5-16-8-10-17(11-9-16)6-3-4-7-18-12-14-19(20)15-13-18/h3,6,12-17H,2,5,8-11H2,1H3. The molecule has 0 N–H and O–H groups in total. The summed E-state index contributed by atoms with van der Waals surface area (Å²) in [7, 11) is 0. The lowest BCUT2D eigenvalue weighted by Gasteiger charge is -2.26. The lowest BCUT2D eigenvalue weighted by molar-refractivity contribution is 0.294. The Hall–Kier alpha value is -1.000. The summed E-state index contributed by atoms with van der Waals surface area (Å²) in [4.78, 5) is 0. The molecule has 0 nitrogen and oxygen atoms in total. The van der Waals surface area contributed by atoms with Crippen molar-refractivity contribution in [1.29, 1.82) is 0 Å². The van der Waals surface area contributed by atoms with Gasteiger partial charge in [0.1, 0.15) is 0 Å². The Bertz CT molecular complexity index is 479. The van der Waals surface area contributed by atoms with Crippen LogP contribution in [0.5, 0.6) is 0 Å². The lowest BCUT2D eigenvalue weighted by Crippen LogP contribution is -2.12. The van der Waals surface area contributed by atoms with Crippen molar-refractivity contribution in [2.24, 2.45) is 11.8 Å². The maximum atomic E-state index is 3.43. The number of rotatable bonds is 3. The van der Waals surface area contributed by atoms with Gasteiger partial charge in [0.05, 0.1) is 0 Å². The summed E-state index contributed by atoms with van der Waals surface area (Å²) >= 11 is 3.43. The van der Waals surface area contributed by atoms with Crippen LogP contribution in [0.2, 0.25) is 0 Å². The van der Waals surface area contributed by atoms with Gasteiger partial charge in [0.15, 0.2) is 0 Å². The fraction of sp³-hybridized carbons (Fsp3) is 0.474. The summed E-state index contributed by atoms with van der Waals surface area (Å²) in [5.74, 6) is 8.08. The molecule has 1 aromatic carbocycles. The van der Waals surface area contributed by atoms with Crippen LogP contribution in [0.3, 0.4) is 0 Å². The first-order valence-corrected chi connectivity index (χ1v) is 8.51. The van der Waals surface area contributed by atoms with E-state index in [0.717, 1.165) is 21.9 Å². The first kappa shape index (κ1) is 15.4. The van der Waals surface area contributed by atoms with Gasteiger partial charge in [0.2, 0.25) is 0 Å². The average molecular weight is 331 g/mol. The molecule has 0 unspecified atom stereocenters. The number of hydrogen-bond acceptors (Lipinski definition) is 0. The Kier molecular flexibility index (Phi) is 6.40. The van der Waals surface area contributed by atoms with Gasteiger partial charge in [-0.2, -0.15) is 0 Å². The van der Waals surface area contributed by atoms with E-state index in [-0.39, 0.29) is 0 Å². The first-order valence-electron chi connectivity index (χ1n) is 7.71. The molecule has 0 spiro atoms. The molecule has 1 aromatic rings. The van der Waals surface area contributed by atoms with Crippen molar-refractivity contribution in [3.63, 3.8) is 0 Å². The molecule has 0 aromatic heterocycles. The minimum absolute atomic E-state index is 0.752. The highest BCUT2D eigenvalue weighted by molar-refractivity contribution is 9.10. The summed E-state index contributed by atoms with van der Waals surface area (Å²) in [6, 6.07) is 8.15. The number of hydrogen-bond donors (Lipinski definition) is 0. The molecule has 20 heavy (non-hydrogen) atoms. The molecule has 1 aliphatic carbocycles. The number of halogens is 1. The molecule has 1 saturated carbocycles. The molecule has 1 aliphatic rings. The molecule has 0 aliphatic heterocycles. The van der Waals surface area contributed by atoms with Crippen LogP contribution in [-0.2, 0) is 0 Å². The third-order valence-electron chi connectivity index (χ3n) is 4.10. The monoisotopic (exact) mass is 330 g/mol. The highest BCUT2D eigenvalue weighted by Gasteiger charge is 2.18. The average Bonchev–Trinajstić information content (AvgIpc) is 2.47. The maximum Gasteiger partial charge on any atom is 0.0249 e. The Morgan fingerprint density at radius 1 is 1.15 bits per heavy atom. The van der Waals surface area contributed by atoms with E-state index in [1.807, 2.05) is 30.3 Å². The number of allylic oxidation sites excluding steroid dienone is 2. The van der Waals surface area contributed by atoms with E-state index in [2.05, 4.69) is 40.8 Å². The van der Waals surface area contributed by atoms with Crippen molar-refractivity contribution in [2.45, 2.75) is 45.4 Å². The van der Waals surface area contributed by atoms with Crippen molar-refractivity contribution >= 4 is 15.9 Å². The molecule has 0 bridgehead atoms. The molecule has 0 saturated heterocycles. The summed E-state index contributed by atoms with van der Waals surface area (Å²) in [6.45, 7) is 2.30. The Morgan fingerprint density at radius 2 is 1.85 bits per heavy atom. The predicted molar refractivity (Wildman–Crippen MR) is 90.5 cm³/mol. The lowest BCUT2D eigenvalue weighted by atomic mass is 9.80. The van der Waals surface area contributed by atoms with Crippen LogP contribution in [0.1, 0.15) is 51.0 Å². The Labute approximate surface area is 131 Å². The van der Waals surface area contributed by atoms with Crippen LogP contribution in [0.4, 0.5) is 0 Å². The quantitative estimate of drug-likeness (QED) is 0.599. The molecule has 106 valence electrons. The van der Waals surface area contributed by atoms with Crippen LogP contribution in [0.15, 0.2) is 40.9 Å². The molecular formula is C19H23Br. The zero-order valence-electron chi connectivity index (χ0n) is 12.2. The van der Waals surface area contributed by atoms with Crippen molar-refractivity contribution in [3.05, 3.63) is 46.5 Å². The van der Waals surface area contributed by atoms with Crippen molar-refractivity contribution < 1.29 is 0 Å². The third-order valence-corrected chi connectivity index (χ3v) is 4.63. The second-order valence-corrected chi connectivity index (χ2v) is 6.62. The third kappa shape index (κ3) is 5.17. The van der Waals surface area contributed by atoms with Crippen LogP contribution in [0.25, 0.3) is 0 Å². The zero-order valence-corrected chi connectivity index (χ0v) is 13.8. The predicted octanol–water partition coefficient (Wildman–Crippen LogP) is 5.96. The molecule has 1 heteroatoms. The molecular weight excluding hydrogens is 308 g/mol. The first-order chi connectivity index (χ1) is 9.78. The molecule has 0 amide bonds. The topological polar surface area (TPSA) is 0 Å². The van der Waals surface area contributed by atoms with Crippen molar-refractivity contribution in [3.8, 4) is 11.8 Å². The van der Waals surface area contributed by atoms with E-state index in [1.54, 1.807) is 0 Å². The highest BCUT2D eigenvalue weighted by Crippen LogP contribution is 2.31. The minimum atomic E-state index is 0.752. The van der Waals surface area contributed by atoms with Gasteiger partial charge < -0.3 is 0 Å². The van der Waals surface area contributed by atoms with Gasteiger partial charge in [0.25, 0.3) is 0 Å². The minimum Gasteiger partial charge on any atom is -0.0730 e. The van der Waals surface area contributed by atoms with E-state index in [9.17, 15) is 0 Å². The molecule has 1 fully saturated rings. The molecule has 2 rings (SSSR count). The van der Waals surface area contributed by atoms with E-state index in [4.69, 9.17) is 0 Å². The van der Waals surface area contributed by atoms with Gasteiger partial charge in [0, 0.05) is 10.0 Å². The smallest absolute Gasteiger partial charge is 0.0249 e. The second kappa shape index (κ2) is 8.32. The zero-order chi connectivity index (χ0) is 14.2. The van der Waals surface area contributed by atoms with Crippen LogP contribution in [-0.4, -0.2) is 0 Å². The van der Waals surface area contributed by atoms with E-state index in [0.29, 0.717) is 0 Å². The molecule has 0 heterocycles. The van der Waals surface area contributed by atoms with E-state index < -0.39 is 0 Å². The fourth-order valence-electron chi connectivity index (χ4n) is 2.92. The van der Waals surface area contributed by atoms with Gasteiger partial charge in [-0.1, -0.05) is 53.6 Å². The summed E-state index contributed by atoms with van der Waals surface area (Å²) in [5.41, 5.74) is 1.07. The fourth-order valence-corrected chi connectivity index (χ4v) is 3.18. The summed E-state index contributed by atoms with van der Waals surface area (Å²) < 4.78 is 1.10. The van der Waals surface area contributed by atoms with Gasteiger partial charge >= 0.3 is 0 Å². The van der Waals surface area contributed by atoms with Gasteiger partial charge in [-0.25, -0.2) is 0 Å². The van der Waals surface area contributed by atoms with E-state index in [1.165, 1.54) is 38.5 Å². The van der Waals surface area contributed by atoms with Crippen LogP contribution in [0, 0.1) is 23.7 Å². The highest BCUT2D eigenvalue weighted by atomic mass is 79.9. The van der Waals surface area contributed by atoms with Crippen LogP contribution >= 0.6 is 15.9 Å². The van der Waals surface area contributed by atoms with Gasteiger partial charge in [-0.3, -0.25) is 0 Å². The summed E-state index contributed by atoms with van der Waals surface area (Å²) in [6.07, 6.45) is 12.6. The molecule has 0 radical (unpaired) electrons. The maximum absolute atomic E-state index is 3.43. The van der Waals surface area contributed by atoms with Crippen molar-refractivity contribution in [2.75, 3.05) is 0 Å². The Morgan fingerprint density at radius 3 is 2.50 bits per heavy atom. The molecule has 0 atom stereocenters. The Balaban J connectivity index is 1.79.